The summed E-state index contributed by atoms with van der Waals surface area (Å²) in [5.74, 6) is -0.988. The zero-order valence-electron chi connectivity index (χ0n) is 25.7. The highest BCUT2D eigenvalue weighted by Gasteiger charge is 2.27. The van der Waals surface area contributed by atoms with Gasteiger partial charge in [0, 0.05) is 49.8 Å². The lowest BCUT2D eigenvalue weighted by molar-refractivity contribution is 0.0137. The van der Waals surface area contributed by atoms with Gasteiger partial charge < -0.3 is 28.7 Å². The van der Waals surface area contributed by atoms with Crippen LogP contribution in [0, 0.1) is 0 Å². The molecule has 0 saturated heterocycles. The molecule has 42 heavy (non-hydrogen) atoms. The molecule has 2 rings (SSSR count). The highest BCUT2D eigenvalue weighted by Crippen LogP contribution is 2.17. The molecule has 0 unspecified atom stereocenters. The molecule has 12 nitrogen and oxygen atoms in total. The van der Waals surface area contributed by atoms with Gasteiger partial charge >= 0.3 is 24.1 Å². The SMILES string of the molecule is CCOC(=O)c1csc(CCN(CCN(CCc2nc(C(=O)OCC)cs2)C(=O)OC(C)(C)C)C(=O)OC(C)(C)C)n1. The van der Waals surface area contributed by atoms with Gasteiger partial charge in [-0.25, -0.2) is 29.1 Å². The van der Waals surface area contributed by atoms with E-state index in [1.807, 2.05) is 0 Å². The van der Waals surface area contributed by atoms with Gasteiger partial charge in [0.1, 0.15) is 11.2 Å². The van der Waals surface area contributed by atoms with Crippen LogP contribution in [0.15, 0.2) is 10.8 Å². The van der Waals surface area contributed by atoms with Crippen molar-refractivity contribution < 1.29 is 38.1 Å². The zero-order chi connectivity index (χ0) is 31.5. The lowest BCUT2D eigenvalue weighted by atomic mass is 10.2. The number of amides is 2. The molecule has 2 aromatic rings. The summed E-state index contributed by atoms with van der Waals surface area (Å²) >= 11 is 2.61. The van der Waals surface area contributed by atoms with E-state index in [0.29, 0.717) is 22.9 Å². The molecule has 0 spiro atoms. The third kappa shape index (κ3) is 12.3. The van der Waals surface area contributed by atoms with Gasteiger partial charge in [-0.2, -0.15) is 0 Å². The minimum Gasteiger partial charge on any atom is -0.461 e. The Morgan fingerprint density at radius 3 is 1.33 bits per heavy atom. The van der Waals surface area contributed by atoms with Crippen molar-refractivity contribution in [1.82, 2.24) is 19.8 Å². The van der Waals surface area contributed by atoms with Crippen LogP contribution in [0.1, 0.15) is 86.4 Å². The Morgan fingerprint density at radius 1 is 0.667 bits per heavy atom. The van der Waals surface area contributed by atoms with Crippen molar-refractivity contribution in [2.45, 2.75) is 79.4 Å². The summed E-state index contributed by atoms with van der Waals surface area (Å²) in [5.41, 5.74) is -0.991. The van der Waals surface area contributed by atoms with Crippen molar-refractivity contribution in [2.24, 2.45) is 0 Å². The first-order chi connectivity index (χ1) is 19.6. The minimum absolute atomic E-state index is 0.163. The van der Waals surface area contributed by atoms with Crippen molar-refractivity contribution in [3.8, 4) is 0 Å². The van der Waals surface area contributed by atoms with Gasteiger partial charge in [-0.3, -0.25) is 0 Å². The molecule has 0 aromatic carbocycles. The molecule has 0 bridgehead atoms. The normalized spacial score (nSPS) is 11.5. The fourth-order valence-corrected chi connectivity index (χ4v) is 4.91. The number of nitrogens with zero attached hydrogens (tertiary/aromatic N) is 4. The summed E-state index contributed by atoms with van der Waals surface area (Å²) in [6, 6.07) is 0. The summed E-state index contributed by atoms with van der Waals surface area (Å²) in [6.45, 7) is 15.5. The first-order valence-electron chi connectivity index (χ1n) is 13.8. The summed E-state index contributed by atoms with van der Waals surface area (Å²) in [7, 11) is 0. The van der Waals surface area contributed by atoms with Crippen LogP contribution in [-0.4, -0.2) is 94.5 Å². The van der Waals surface area contributed by atoms with Crippen molar-refractivity contribution >= 4 is 46.8 Å². The monoisotopic (exact) mass is 626 g/mol. The second-order valence-electron chi connectivity index (χ2n) is 11.1. The first-order valence-corrected chi connectivity index (χ1v) is 15.6. The van der Waals surface area contributed by atoms with Crippen LogP contribution in [0.3, 0.4) is 0 Å². The topological polar surface area (TPSA) is 137 Å². The van der Waals surface area contributed by atoms with Gasteiger partial charge in [0.2, 0.25) is 0 Å². The quantitative estimate of drug-likeness (QED) is 0.215. The Bertz CT molecular complexity index is 1110. The molecule has 0 aliphatic carbocycles. The lowest BCUT2D eigenvalue weighted by Gasteiger charge is -2.31. The van der Waals surface area contributed by atoms with Crippen molar-refractivity contribution in [2.75, 3.05) is 39.4 Å². The zero-order valence-corrected chi connectivity index (χ0v) is 27.3. The Hall–Kier alpha value is -3.26. The highest BCUT2D eigenvalue weighted by atomic mass is 32.1. The van der Waals surface area contributed by atoms with Crippen LogP contribution in [0.4, 0.5) is 9.59 Å². The van der Waals surface area contributed by atoms with Crippen LogP contribution in [0.5, 0.6) is 0 Å². The summed E-state index contributed by atoms with van der Waals surface area (Å²) in [6.07, 6.45) is -0.308. The molecule has 234 valence electrons. The summed E-state index contributed by atoms with van der Waals surface area (Å²) < 4.78 is 21.3. The van der Waals surface area contributed by atoms with E-state index in [2.05, 4.69) is 9.97 Å². The second kappa shape index (κ2) is 15.8. The predicted octanol–water partition coefficient (Wildman–Crippen LogP) is 5.21. The molecule has 0 saturated carbocycles. The number of thiazole rings is 2. The Labute approximate surface area is 255 Å². The van der Waals surface area contributed by atoms with Gasteiger partial charge in [-0.1, -0.05) is 0 Å². The van der Waals surface area contributed by atoms with E-state index in [4.69, 9.17) is 18.9 Å². The number of rotatable bonds is 13. The van der Waals surface area contributed by atoms with Crippen LogP contribution >= 0.6 is 22.7 Å². The predicted molar refractivity (Wildman–Crippen MR) is 159 cm³/mol. The van der Waals surface area contributed by atoms with E-state index in [1.54, 1.807) is 66.2 Å². The third-order valence-electron chi connectivity index (χ3n) is 5.21. The molecule has 0 radical (unpaired) electrons. The van der Waals surface area contributed by atoms with E-state index in [1.165, 1.54) is 32.5 Å². The average molecular weight is 627 g/mol. The number of hydrogen-bond acceptors (Lipinski definition) is 12. The largest absolute Gasteiger partial charge is 0.461 e. The Kier molecular flexibility index (Phi) is 13.2. The van der Waals surface area contributed by atoms with Crippen LogP contribution in [0.25, 0.3) is 0 Å². The van der Waals surface area contributed by atoms with E-state index < -0.39 is 35.3 Å². The summed E-state index contributed by atoms with van der Waals surface area (Å²) in [5, 5.41) is 4.58. The van der Waals surface area contributed by atoms with Crippen molar-refractivity contribution in [3.05, 3.63) is 32.2 Å². The number of esters is 2. The number of hydrogen-bond donors (Lipinski definition) is 0. The molecular formula is C28H42N4O8S2. The number of carbonyl (C=O) groups is 4. The smallest absolute Gasteiger partial charge is 0.410 e. The minimum atomic E-state index is -0.722. The van der Waals surface area contributed by atoms with Gasteiger partial charge in [-0.05, 0) is 55.4 Å². The molecule has 2 aromatic heterocycles. The Balaban J connectivity index is 2.15. The molecule has 0 aliphatic rings. The number of carbonyl (C=O) groups excluding carboxylic acids is 4. The second-order valence-corrected chi connectivity index (χ2v) is 13.0. The molecular weight excluding hydrogens is 584 g/mol. The van der Waals surface area contributed by atoms with Gasteiger partial charge in [0.25, 0.3) is 0 Å². The maximum Gasteiger partial charge on any atom is 0.410 e. The van der Waals surface area contributed by atoms with Crippen LogP contribution < -0.4 is 0 Å². The number of ether oxygens (including phenoxy) is 4. The van der Waals surface area contributed by atoms with Crippen LogP contribution in [-0.2, 0) is 31.8 Å². The van der Waals surface area contributed by atoms with Crippen LogP contribution in [0.2, 0.25) is 0 Å². The maximum absolute atomic E-state index is 13.1. The van der Waals surface area contributed by atoms with E-state index in [-0.39, 0.29) is 50.8 Å². The fraction of sp³-hybridized carbons (Fsp3) is 0.643. The number of aromatic nitrogens is 2. The van der Waals surface area contributed by atoms with Gasteiger partial charge in [0.05, 0.1) is 23.2 Å². The average Bonchev–Trinajstić information content (AvgIpc) is 3.54. The molecule has 0 fully saturated rings. The standard InChI is InChI=1S/C28H42N4O8S2/c1-9-37-23(33)19-17-41-21(29-19)11-13-31(25(35)39-27(3,4)5)15-16-32(26(36)40-28(6,7)8)14-12-22-30-20(18-42-22)24(34)38-10-2/h17-18H,9-16H2,1-8H3. The van der Waals surface area contributed by atoms with E-state index in [0.717, 1.165) is 0 Å². The molecule has 0 N–H and O–H groups in total. The van der Waals surface area contributed by atoms with Gasteiger partial charge in [0.15, 0.2) is 11.4 Å². The summed E-state index contributed by atoms with van der Waals surface area (Å²) in [4.78, 5) is 61.9. The molecule has 14 heteroatoms. The van der Waals surface area contributed by atoms with Crippen molar-refractivity contribution in [1.29, 1.82) is 0 Å². The first kappa shape index (κ1) is 34.9. The molecule has 0 aliphatic heterocycles. The lowest BCUT2D eigenvalue weighted by Crippen LogP contribution is -2.45. The highest BCUT2D eigenvalue weighted by molar-refractivity contribution is 7.10. The molecule has 2 amide bonds. The third-order valence-corrected chi connectivity index (χ3v) is 7.02. The van der Waals surface area contributed by atoms with Gasteiger partial charge in [-0.15, -0.1) is 22.7 Å². The molecule has 2 heterocycles. The Morgan fingerprint density at radius 2 is 1.02 bits per heavy atom. The fourth-order valence-electron chi connectivity index (χ4n) is 3.39. The molecule has 0 atom stereocenters. The maximum atomic E-state index is 13.1. The van der Waals surface area contributed by atoms with E-state index >= 15 is 0 Å². The van der Waals surface area contributed by atoms with E-state index in [9.17, 15) is 19.2 Å². The van der Waals surface area contributed by atoms with Crippen molar-refractivity contribution in [3.63, 3.8) is 0 Å².